The molecule has 5 nitrogen and oxygen atoms in total. The van der Waals surface area contributed by atoms with Crippen molar-refractivity contribution in [3.63, 3.8) is 0 Å². The molecular formula is C23H18BrFN2O3. The van der Waals surface area contributed by atoms with E-state index in [1.165, 1.54) is 12.1 Å². The smallest absolute Gasteiger partial charge is 0.259 e. The van der Waals surface area contributed by atoms with E-state index >= 15 is 0 Å². The molecule has 0 aliphatic heterocycles. The number of aromatic nitrogens is 1. The number of hydrogen-bond donors (Lipinski definition) is 1. The lowest BCUT2D eigenvalue weighted by Crippen LogP contribution is -2.15. The summed E-state index contributed by atoms with van der Waals surface area (Å²) in [4.78, 5) is 13.0. The molecule has 0 unspecified atom stereocenters. The van der Waals surface area contributed by atoms with Gasteiger partial charge in [0.05, 0.1) is 22.5 Å². The maximum atomic E-state index is 14.2. The molecule has 152 valence electrons. The number of carbonyl (C=O) groups is 1. The Labute approximate surface area is 181 Å². The lowest BCUT2D eigenvalue weighted by molar-refractivity contribution is 0.102. The summed E-state index contributed by atoms with van der Waals surface area (Å²) in [6.45, 7) is 3.84. The number of benzene rings is 3. The molecule has 0 saturated heterocycles. The summed E-state index contributed by atoms with van der Waals surface area (Å²) in [5, 5.41) is 8.36. The maximum Gasteiger partial charge on any atom is 0.259 e. The molecular weight excluding hydrogens is 451 g/mol. The van der Waals surface area contributed by atoms with Crippen molar-refractivity contribution in [2.24, 2.45) is 0 Å². The largest absolute Gasteiger partial charge is 0.488 e. The number of anilines is 1. The highest BCUT2D eigenvalue weighted by Gasteiger charge is 2.18. The van der Waals surface area contributed by atoms with Crippen molar-refractivity contribution in [2.75, 3.05) is 5.32 Å². The van der Waals surface area contributed by atoms with Crippen molar-refractivity contribution in [1.29, 1.82) is 0 Å². The topological polar surface area (TPSA) is 64.4 Å². The van der Waals surface area contributed by atoms with Crippen LogP contribution in [0.3, 0.4) is 0 Å². The summed E-state index contributed by atoms with van der Waals surface area (Å²) in [6, 6.07) is 15.7. The molecule has 7 heteroatoms. The SMILES string of the molecule is Cc1noc(C)c1COc1cc2ccccc2cc1C(=O)Nc1ccc(Br)cc1F. The van der Waals surface area contributed by atoms with Crippen molar-refractivity contribution in [3.8, 4) is 5.75 Å². The minimum absolute atomic E-state index is 0.0908. The number of halogens is 2. The van der Waals surface area contributed by atoms with Gasteiger partial charge >= 0.3 is 0 Å². The molecule has 30 heavy (non-hydrogen) atoms. The quantitative estimate of drug-likeness (QED) is 0.379. The first kappa shape index (κ1) is 20.1. The van der Waals surface area contributed by atoms with E-state index in [2.05, 4.69) is 26.4 Å². The van der Waals surface area contributed by atoms with Gasteiger partial charge in [-0.15, -0.1) is 0 Å². The number of rotatable bonds is 5. The molecule has 1 amide bonds. The van der Waals surface area contributed by atoms with Crippen LogP contribution in [-0.4, -0.2) is 11.1 Å². The molecule has 0 spiro atoms. The third-order valence-corrected chi connectivity index (χ3v) is 5.32. The van der Waals surface area contributed by atoms with Crippen LogP contribution in [-0.2, 0) is 6.61 Å². The van der Waals surface area contributed by atoms with Gasteiger partial charge in [0.15, 0.2) is 0 Å². The van der Waals surface area contributed by atoms with Gasteiger partial charge in [-0.3, -0.25) is 4.79 Å². The first-order valence-electron chi connectivity index (χ1n) is 9.26. The predicted molar refractivity (Wildman–Crippen MR) is 116 cm³/mol. The first-order chi connectivity index (χ1) is 14.4. The Morgan fingerprint density at radius 2 is 1.87 bits per heavy atom. The summed E-state index contributed by atoms with van der Waals surface area (Å²) in [5.74, 6) is 0.0624. The van der Waals surface area contributed by atoms with Gasteiger partial charge in [0.1, 0.15) is 23.9 Å². The molecule has 0 saturated carbocycles. The lowest BCUT2D eigenvalue weighted by Gasteiger charge is -2.14. The number of hydrogen-bond acceptors (Lipinski definition) is 4. The van der Waals surface area contributed by atoms with Gasteiger partial charge in [-0.1, -0.05) is 45.4 Å². The zero-order chi connectivity index (χ0) is 21.3. The van der Waals surface area contributed by atoms with E-state index in [4.69, 9.17) is 9.26 Å². The van der Waals surface area contributed by atoms with Crippen LogP contribution in [0.25, 0.3) is 10.8 Å². The molecule has 4 rings (SSSR count). The van der Waals surface area contributed by atoms with E-state index in [-0.39, 0.29) is 12.3 Å². The summed E-state index contributed by atoms with van der Waals surface area (Å²) in [7, 11) is 0. The number of nitrogens with one attached hydrogen (secondary N) is 1. The van der Waals surface area contributed by atoms with E-state index in [0.29, 0.717) is 21.5 Å². The number of aryl methyl sites for hydroxylation is 2. The van der Waals surface area contributed by atoms with Crippen molar-refractivity contribution >= 4 is 38.3 Å². The fourth-order valence-electron chi connectivity index (χ4n) is 3.15. The zero-order valence-corrected chi connectivity index (χ0v) is 17.9. The number of carbonyl (C=O) groups excluding carboxylic acids is 1. The van der Waals surface area contributed by atoms with Gasteiger partial charge < -0.3 is 14.6 Å². The van der Waals surface area contributed by atoms with E-state index in [1.54, 1.807) is 18.2 Å². The molecule has 1 heterocycles. The van der Waals surface area contributed by atoms with Crippen LogP contribution in [0.1, 0.15) is 27.4 Å². The molecule has 1 N–H and O–H groups in total. The Hall–Kier alpha value is -3.19. The molecule has 0 aliphatic carbocycles. The summed E-state index contributed by atoms with van der Waals surface area (Å²) in [5.41, 5.74) is 1.96. The van der Waals surface area contributed by atoms with Gasteiger partial charge in [-0.25, -0.2) is 4.39 Å². The van der Waals surface area contributed by atoms with Gasteiger partial charge in [-0.05, 0) is 55.0 Å². The zero-order valence-electron chi connectivity index (χ0n) is 16.3. The second-order valence-corrected chi connectivity index (χ2v) is 7.78. The van der Waals surface area contributed by atoms with Crippen molar-refractivity contribution < 1.29 is 18.4 Å². The van der Waals surface area contributed by atoms with Gasteiger partial charge in [-0.2, -0.15) is 0 Å². The molecule has 0 bridgehead atoms. The van der Waals surface area contributed by atoms with Crippen LogP contribution in [0.15, 0.2) is 63.6 Å². The lowest BCUT2D eigenvalue weighted by atomic mass is 10.0. The molecule has 1 aromatic heterocycles. The van der Waals surface area contributed by atoms with Crippen LogP contribution in [0, 0.1) is 19.7 Å². The Bertz CT molecular complexity index is 1230. The predicted octanol–water partition coefficient (Wildman–Crippen LogP) is 6.18. The minimum atomic E-state index is -0.531. The fourth-order valence-corrected chi connectivity index (χ4v) is 3.49. The van der Waals surface area contributed by atoms with E-state index < -0.39 is 11.7 Å². The Balaban J connectivity index is 1.69. The van der Waals surface area contributed by atoms with Crippen LogP contribution >= 0.6 is 15.9 Å². The van der Waals surface area contributed by atoms with Crippen LogP contribution < -0.4 is 10.1 Å². The van der Waals surface area contributed by atoms with Gasteiger partial charge in [0.25, 0.3) is 5.91 Å². The van der Waals surface area contributed by atoms with E-state index in [1.807, 2.05) is 38.1 Å². The third-order valence-electron chi connectivity index (χ3n) is 4.83. The van der Waals surface area contributed by atoms with Crippen molar-refractivity contribution in [3.05, 3.63) is 87.5 Å². The molecule has 0 fully saturated rings. The standard InChI is InChI=1S/C23H18BrFN2O3/c1-13-19(14(2)30-27-13)12-29-22-10-16-6-4-3-5-15(16)9-18(22)23(28)26-21-8-7-17(24)11-20(21)25/h3-11H,12H2,1-2H3,(H,26,28). The van der Waals surface area contributed by atoms with E-state index in [0.717, 1.165) is 22.0 Å². The molecule has 0 atom stereocenters. The van der Waals surface area contributed by atoms with Crippen LogP contribution in [0.5, 0.6) is 5.75 Å². The minimum Gasteiger partial charge on any atom is -0.488 e. The van der Waals surface area contributed by atoms with Crippen LogP contribution in [0.2, 0.25) is 0 Å². The monoisotopic (exact) mass is 468 g/mol. The normalized spacial score (nSPS) is 10.9. The number of nitrogens with zero attached hydrogens (tertiary/aromatic N) is 1. The number of ether oxygens (including phenoxy) is 1. The average Bonchev–Trinajstić information content (AvgIpc) is 3.05. The Kier molecular flexibility index (Phi) is 5.55. The number of fused-ring (bicyclic) bond motifs is 1. The highest BCUT2D eigenvalue weighted by Crippen LogP contribution is 2.29. The Morgan fingerprint density at radius 3 is 2.53 bits per heavy atom. The van der Waals surface area contributed by atoms with Gasteiger partial charge in [0.2, 0.25) is 0 Å². The summed E-state index contributed by atoms with van der Waals surface area (Å²) >= 11 is 3.21. The first-order valence-corrected chi connectivity index (χ1v) is 10.1. The molecule has 4 aromatic rings. The second kappa shape index (κ2) is 8.28. The van der Waals surface area contributed by atoms with Crippen molar-refractivity contribution in [1.82, 2.24) is 5.16 Å². The molecule has 0 aliphatic rings. The third kappa shape index (κ3) is 4.07. The summed E-state index contributed by atoms with van der Waals surface area (Å²) in [6.07, 6.45) is 0. The second-order valence-electron chi connectivity index (χ2n) is 6.87. The van der Waals surface area contributed by atoms with Crippen LogP contribution in [0.4, 0.5) is 10.1 Å². The maximum absolute atomic E-state index is 14.2. The highest BCUT2D eigenvalue weighted by atomic mass is 79.9. The number of amides is 1. The fraction of sp³-hybridized carbons (Fsp3) is 0.130. The molecule has 3 aromatic carbocycles. The average molecular weight is 469 g/mol. The van der Waals surface area contributed by atoms with E-state index in [9.17, 15) is 9.18 Å². The Morgan fingerprint density at radius 1 is 1.13 bits per heavy atom. The van der Waals surface area contributed by atoms with Crippen molar-refractivity contribution in [2.45, 2.75) is 20.5 Å². The molecule has 0 radical (unpaired) electrons. The van der Waals surface area contributed by atoms with Gasteiger partial charge in [0, 0.05) is 4.47 Å². The summed E-state index contributed by atoms with van der Waals surface area (Å²) < 4.78 is 26.0. The highest BCUT2D eigenvalue weighted by molar-refractivity contribution is 9.10.